The van der Waals surface area contributed by atoms with Crippen LogP contribution in [0.5, 0.6) is 0 Å². The fourth-order valence-corrected chi connectivity index (χ4v) is 4.76. The van der Waals surface area contributed by atoms with Crippen LogP contribution in [0.25, 0.3) is 23.3 Å². The van der Waals surface area contributed by atoms with Crippen molar-refractivity contribution in [3.8, 4) is 17.2 Å². The highest BCUT2D eigenvalue weighted by molar-refractivity contribution is 5.69. The zero-order valence-electron chi connectivity index (χ0n) is 20.5. The maximum Gasteiger partial charge on any atom is 0.338 e. The molecule has 0 unspecified atom stereocenters. The van der Waals surface area contributed by atoms with Crippen molar-refractivity contribution in [1.29, 1.82) is 0 Å². The predicted molar refractivity (Wildman–Crippen MR) is 138 cm³/mol. The summed E-state index contributed by atoms with van der Waals surface area (Å²) in [7, 11) is 3.95. The lowest BCUT2D eigenvalue weighted by Gasteiger charge is -2.17. The van der Waals surface area contributed by atoms with Crippen molar-refractivity contribution in [2.45, 2.75) is 26.8 Å². The molecule has 1 aliphatic heterocycles. The molecule has 1 aliphatic rings. The molecule has 0 amide bonds. The highest BCUT2D eigenvalue weighted by Crippen LogP contribution is 2.27. The predicted octanol–water partition coefficient (Wildman–Crippen LogP) is 3.92. The summed E-state index contributed by atoms with van der Waals surface area (Å²) in [5, 5.41) is 8.24. The molecular formula is C27H29FN6O. The number of aryl methyl sites for hydroxylation is 2. The van der Waals surface area contributed by atoms with Gasteiger partial charge in [0, 0.05) is 57.3 Å². The van der Waals surface area contributed by atoms with Crippen molar-refractivity contribution in [2.24, 2.45) is 0 Å². The van der Waals surface area contributed by atoms with Gasteiger partial charge in [0.1, 0.15) is 11.6 Å². The second-order valence-electron chi connectivity index (χ2n) is 9.14. The van der Waals surface area contributed by atoms with Crippen LogP contribution < -0.4 is 15.9 Å². The van der Waals surface area contributed by atoms with Gasteiger partial charge < -0.3 is 10.2 Å². The van der Waals surface area contributed by atoms with Gasteiger partial charge in [0.05, 0.1) is 17.1 Å². The summed E-state index contributed by atoms with van der Waals surface area (Å²) < 4.78 is 19.4. The monoisotopic (exact) mass is 472 g/mol. The second-order valence-corrected chi connectivity index (χ2v) is 9.14. The first kappa shape index (κ1) is 22.9. The summed E-state index contributed by atoms with van der Waals surface area (Å²) in [6.07, 6.45) is 6.08. The summed E-state index contributed by atoms with van der Waals surface area (Å²) in [6, 6.07) is 9.41. The van der Waals surface area contributed by atoms with Crippen molar-refractivity contribution < 1.29 is 4.39 Å². The van der Waals surface area contributed by atoms with E-state index >= 15 is 0 Å². The molecule has 0 aliphatic carbocycles. The van der Waals surface area contributed by atoms with Gasteiger partial charge in [0.25, 0.3) is 0 Å². The van der Waals surface area contributed by atoms with Crippen molar-refractivity contribution >= 4 is 11.8 Å². The van der Waals surface area contributed by atoms with Crippen LogP contribution in [0.4, 0.5) is 10.1 Å². The number of nitrogens with one attached hydrogen (secondary N) is 1. The standard InChI is InChI=1S/C27H29FN6O/c1-6-19-15-20(7-8-24(19)31(4)5)32-11-12-33(27(32)35)26-22-16-29-10-9-23(22)30-34(26)21-13-17(2)25(28)18(3)14-21/h6-8,11-15,29H,1,9-10,16H2,2-5H3. The van der Waals surface area contributed by atoms with E-state index in [1.165, 1.54) is 0 Å². The van der Waals surface area contributed by atoms with E-state index in [4.69, 9.17) is 5.10 Å². The van der Waals surface area contributed by atoms with E-state index in [2.05, 4.69) is 11.9 Å². The molecule has 2 aromatic heterocycles. The van der Waals surface area contributed by atoms with Crippen LogP contribution in [-0.4, -0.2) is 39.6 Å². The van der Waals surface area contributed by atoms with E-state index < -0.39 is 0 Å². The van der Waals surface area contributed by atoms with Crippen molar-refractivity contribution in [2.75, 3.05) is 25.5 Å². The van der Waals surface area contributed by atoms with E-state index in [-0.39, 0.29) is 11.5 Å². The highest BCUT2D eigenvalue weighted by Gasteiger charge is 2.25. The molecule has 0 bridgehead atoms. The molecule has 2 aromatic carbocycles. The number of fused-ring (bicyclic) bond motifs is 1. The van der Waals surface area contributed by atoms with Gasteiger partial charge in [-0.25, -0.2) is 13.9 Å². The van der Waals surface area contributed by atoms with Crippen LogP contribution in [0.15, 0.2) is 54.1 Å². The Morgan fingerprint density at radius 3 is 2.49 bits per heavy atom. The third-order valence-electron chi connectivity index (χ3n) is 6.54. The number of halogens is 1. The zero-order valence-corrected chi connectivity index (χ0v) is 20.5. The summed E-state index contributed by atoms with van der Waals surface area (Å²) in [4.78, 5) is 15.7. The van der Waals surface area contributed by atoms with Crippen molar-refractivity contribution in [3.63, 3.8) is 0 Å². The van der Waals surface area contributed by atoms with E-state index in [0.29, 0.717) is 23.5 Å². The van der Waals surface area contributed by atoms with E-state index in [0.717, 1.165) is 46.8 Å². The van der Waals surface area contributed by atoms with E-state index in [9.17, 15) is 9.18 Å². The van der Waals surface area contributed by atoms with E-state index in [1.54, 1.807) is 58.3 Å². The fourth-order valence-electron chi connectivity index (χ4n) is 4.76. The van der Waals surface area contributed by atoms with Gasteiger partial charge in [-0.05, 0) is 60.9 Å². The van der Waals surface area contributed by atoms with Gasteiger partial charge in [-0.15, -0.1) is 0 Å². The minimum absolute atomic E-state index is 0.206. The summed E-state index contributed by atoms with van der Waals surface area (Å²) in [5.74, 6) is 0.451. The Labute approximate surface area is 203 Å². The fraction of sp³-hybridized carbons (Fsp3) is 0.259. The Bertz CT molecular complexity index is 1480. The first-order valence-electron chi connectivity index (χ1n) is 11.6. The lowest BCUT2D eigenvalue weighted by molar-refractivity contribution is 0.608. The topological polar surface area (TPSA) is 60.0 Å². The molecule has 35 heavy (non-hydrogen) atoms. The van der Waals surface area contributed by atoms with Gasteiger partial charge in [0.15, 0.2) is 0 Å². The van der Waals surface area contributed by atoms with Crippen LogP contribution in [-0.2, 0) is 13.0 Å². The van der Waals surface area contributed by atoms with Crippen LogP contribution in [0, 0.1) is 19.7 Å². The molecule has 0 radical (unpaired) electrons. The molecule has 5 rings (SSSR count). The number of aromatic nitrogens is 4. The number of imidazole rings is 1. The Balaban J connectivity index is 1.69. The zero-order chi connectivity index (χ0) is 24.9. The number of rotatable bonds is 5. The normalized spacial score (nSPS) is 13.1. The molecular weight excluding hydrogens is 443 g/mol. The van der Waals surface area contributed by atoms with Crippen LogP contribution in [0.3, 0.4) is 0 Å². The van der Waals surface area contributed by atoms with Gasteiger partial charge in [-0.3, -0.25) is 9.13 Å². The molecule has 7 nitrogen and oxygen atoms in total. The lowest BCUT2D eigenvalue weighted by Crippen LogP contribution is -2.27. The number of nitrogens with zero attached hydrogens (tertiary/aromatic N) is 5. The quantitative estimate of drug-likeness (QED) is 0.478. The second kappa shape index (κ2) is 8.70. The highest BCUT2D eigenvalue weighted by atomic mass is 19.1. The summed E-state index contributed by atoms with van der Waals surface area (Å²) in [5.41, 5.74) is 6.25. The van der Waals surface area contributed by atoms with Crippen molar-refractivity contribution in [3.05, 3.63) is 93.6 Å². The van der Waals surface area contributed by atoms with Gasteiger partial charge >= 0.3 is 5.69 Å². The molecule has 8 heteroatoms. The smallest absolute Gasteiger partial charge is 0.338 e. The molecule has 180 valence electrons. The van der Waals surface area contributed by atoms with Crippen LogP contribution in [0.2, 0.25) is 0 Å². The van der Waals surface area contributed by atoms with Gasteiger partial charge in [0.2, 0.25) is 0 Å². The average Bonchev–Trinajstić information content (AvgIpc) is 3.41. The SMILES string of the molecule is C=Cc1cc(-n2ccn(-c3c4c(nn3-c3cc(C)c(F)c(C)c3)CCNC4)c2=O)ccc1N(C)C. The largest absolute Gasteiger partial charge is 0.377 e. The Hall–Kier alpha value is -3.91. The molecule has 0 saturated carbocycles. The number of hydrogen-bond donors (Lipinski definition) is 1. The molecule has 4 aromatic rings. The summed E-state index contributed by atoms with van der Waals surface area (Å²) >= 11 is 0. The van der Waals surface area contributed by atoms with Crippen LogP contribution >= 0.6 is 0 Å². The van der Waals surface area contributed by atoms with E-state index in [1.807, 2.05) is 37.2 Å². The van der Waals surface area contributed by atoms with Crippen molar-refractivity contribution in [1.82, 2.24) is 24.2 Å². The van der Waals surface area contributed by atoms with Gasteiger partial charge in [-0.2, -0.15) is 5.10 Å². The first-order chi connectivity index (χ1) is 16.8. The molecule has 0 spiro atoms. The van der Waals surface area contributed by atoms with Crippen LogP contribution in [0.1, 0.15) is 27.9 Å². The Kier molecular flexibility index (Phi) is 5.68. The third kappa shape index (κ3) is 3.80. The molecule has 0 atom stereocenters. The molecule has 3 heterocycles. The number of hydrogen-bond acceptors (Lipinski definition) is 4. The molecule has 0 fully saturated rings. The molecule has 0 saturated heterocycles. The first-order valence-corrected chi connectivity index (χ1v) is 11.6. The minimum atomic E-state index is -0.226. The maximum absolute atomic E-state index is 14.4. The lowest BCUT2D eigenvalue weighted by atomic mass is 10.1. The number of anilines is 1. The number of benzene rings is 2. The maximum atomic E-state index is 14.4. The third-order valence-corrected chi connectivity index (χ3v) is 6.54. The molecule has 1 N–H and O–H groups in total. The Morgan fingerprint density at radius 1 is 1.09 bits per heavy atom. The average molecular weight is 473 g/mol. The van der Waals surface area contributed by atoms with Gasteiger partial charge in [-0.1, -0.05) is 12.7 Å². The summed E-state index contributed by atoms with van der Waals surface area (Å²) in [6.45, 7) is 8.85. The minimum Gasteiger partial charge on any atom is -0.377 e. The Morgan fingerprint density at radius 2 is 1.80 bits per heavy atom.